The van der Waals surface area contributed by atoms with E-state index in [4.69, 9.17) is 4.74 Å². The van der Waals surface area contributed by atoms with Crippen LogP contribution in [0.1, 0.15) is 38.2 Å². The molecule has 1 fully saturated rings. The van der Waals surface area contributed by atoms with E-state index in [1.807, 2.05) is 6.92 Å². The molecule has 0 amide bonds. The van der Waals surface area contributed by atoms with Crippen molar-refractivity contribution >= 4 is 17.3 Å². The van der Waals surface area contributed by atoms with Crippen molar-refractivity contribution in [1.82, 2.24) is 5.32 Å². The molecule has 0 spiro atoms. The Morgan fingerprint density at radius 3 is 3.06 bits per heavy atom. The van der Waals surface area contributed by atoms with E-state index in [0.717, 1.165) is 25.8 Å². The van der Waals surface area contributed by atoms with Crippen molar-refractivity contribution in [2.45, 2.75) is 45.2 Å². The standard InChI is InChI=1S/C14H21NO2S/c1-2-17-14(16)12-5-3-4-6-13(12)15-9-11-7-8-18-10-11/h7-8,10,12-13,15H,2-6,9H2,1H3/t12-,13+/m1/s1. The van der Waals surface area contributed by atoms with Crippen LogP contribution in [-0.2, 0) is 16.1 Å². The van der Waals surface area contributed by atoms with Gasteiger partial charge >= 0.3 is 5.97 Å². The molecule has 0 saturated heterocycles. The zero-order valence-electron chi connectivity index (χ0n) is 10.9. The van der Waals surface area contributed by atoms with Crippen LogP contribution in [0.2, 0.25) is 0 Å². The molecule has 1 aliphatic carbocycles. The molecule has 2 atom stereocenters. The van der Waals surface area contributed by atoms with Crippen LogP contribution in [0.25, 0.3) is 0 Å². The lowest BCUT2D eigenvalue weighted by Gasteiger charge is -2.30. The van der Waals surface area contributed by atoms with Gasteiger partial charge in [-0.25, -0.2) is 0 Å². The summed E-state index contributed by atoms with van der Waals surface area (Å²) in [4.78, 5) is 11.9. The van der Waals surface area contributed by atoms with Crippen LogP contribution in [0.5, 0.6) is 0 Å². The number of rotatable bonds is 5. The first-order valence-electron chi connectivity index (χ1n) is 6.72. The van der Waals surface area contributed by atoms with Crippen LogP contribution in [-0.4, -0.2) is 18.6 Å². The monoisotopic (exact) mass is 267 g/mol. The quantitative estimate of drug-likeness (QED) is 0.834. The first-order valence-corrected chi connectivity index (χ1v) is 7.66. The minimum atomic E-state index is -0.0278. The molecule has 100 valence electrons. The Bertz CT molecular complexity index is 364. The number of nitrogens with one attached hydrogen (secondary N) is 1. The van der Waals surface area contributed by atoms with Crippen molar-refractivity contribution in [3.8, 4) is 0 Å². The molecule has 0 radical (unpaired) electrons. The Morgan fingerprint density at radius 1 is 1.50 bits per heavy atom. The molecule has 1 saturated carbocycles. The number of carbonyl (C=O) groups excluding carboxylic acids is 1. The van der Waals surface area contributed by atoms with Crippen LogP contribution in [0.4, 0.5) is 0 Å². The molecule has 1 aromatic heterocycles. The average molecular weight is 267 g/mol. The van der Waals surface area contributed by atoms with Gasteiger partial charge in [-0.15, -0.1) is 0 Å². The minimum absolute atomic E-state index is 0.0278. The zero-order valence-corrected chi connectivity index (χ0v) is 11.7. The van der Waals surface area contributed by atoms with Gasteiger partial charge in [-0.2, -0.15) is 11.3 Å². The summed E-state index contributed by atoms with van der Waals surface area (Å²) in [5, 5.41) is 7.75. The Morgan fingerprint density at radius 2 is 2.33 bits per heavy atom. The lowest BCUT2D eigenvalue weighted by Crippen LogP contribution is -2.42. The summed E-state index contributed by atoms with van der Waals surface area (Å²) in [6, 6.07) is 2.40. The van der Waals surface area contributed by atoms with Gasteiger partial charge in [-0.05, 0) is 42.2 Å². The highest BCUT2D eigenvalue weighted by Gasteiger charge is 2.31. The van der Waals surface area contributed by atoms with Gasteiger partial charge in [0.05, 0.1) is 12.5 Å². The maximum atomic E-state index is 11.9. The SMILES string of the molecule is CCOC(=O)[C@@H]1CCCC[C@@H]1NCc1ccsc1. The van der Waals surface area contributed by atoms with Crippen LogP contribution < -0.4 is 5.32 Å². The predicted octanol–water partition coefficient (Wildman–Crippen LogP) is 2.96. The summed E-state index contributed by atoms with van der Waals surface area (Å²) >= 11 is 1.71. The molecule has 4 heteroatoms. The summed E-state index contributed by atoms with van der Waals surface area (Å²) in [6.07, 6.45) is 4.38. The van der Waals surface area contributed by atoms with Gasteiger partial charge in [0.1, 0.15) is 0 Å². The van der Waals surface area contributed by atoms with Crippen molar-refractivity contribution in [3.05, 3.63) is 22.4 Å². The molecular weight excluding hydrogens is 246 g/mol. The fourth-order valence-corrected chi connectivity index (χ4v) is 3.22. The maximum absolute atomic E-state index is 11.9. The van der Waals surface area contributed by atoms with E-state index in [9.17, 15) is 4.79 Å². The molecule has 0 aliphatic heterocycles. The molecular formula is C14H21NO2S. The van der Waals surface area contributed by atoms with Gasteiger partial charge in [-0.3, -0.25) is 4.79 Å². The van der Waals surface area contributed by atoms with Crippen molar-refractivity contribution in [2.24, 2.45) is 5.92 Å². The van der Waals surface area contributed by atoms with E-state index >= 15 is 0 Å². The second-order valence-electron chi connectivity index (χ2n) is 4.76. The molecule has 1 N–H and O–H groups in total. The van der Waals surface area contributed by atoms with Gasteiger partial charge in [0.2, 0.25) is 0 Å². The highest BCUT2D eigenvalue weighted by Crippen LogP contribution is 2.26. The maximum Gasteiger partial charge on any atom is 0.310 e. The first-order chi connectivity index (χ1) is 8.81. The average Bonchev–Trinajstić information content (AvgIpc) is 2.90. The number of thiophene rings is 1. The van der Waals surface area contributed by atoms with Crippen LogP contribution in [0.3, 0.4) is 0 Å². The van der Waals surface area contributed by atoms with Crippen LogP contribution in [0.15, 0.2) is 16.8 Å². The summed E-state index contributed by atoms with van der Waals surface area (Å²) in [7, 11) is 0. The molecule has 0 aromatic carbocycles. The molecule has 1 aromatic rings. The Labute approximate surface area is 113 Å². The largest absolute Gasteiger partial charge is 0.466 e. The second kappa shape index (κ2) is 6.90. The summed E-state index contributed by atoms with van der Waals surface area (Å²) in [6.45, 7) is 3.20. The van der Waals surface area contributed by atoms with Crippen LogP contribution in [0, 0.1) is 5.92 Å². The third-order valence-corrected chi connectivity index (χ3v) is 4.24. The Balaban J connectivity index is 1.89. The van der Waals surface area contributed by atoms with Crippen molar-refractivity contribution in [2.75, 3.05) is 6.61 Å². The molecule has 18 heavy (non-hydrogen) atoms. The molecule has 3 nitrogen and oxygen atoms in total. The number of hydrogen-bond acceptors (Lipinski definition) is 4. The van der Waals surface area contributed by atoms with Gasteiger partial charge < -0.3 is 10.1 Å². The minimum Gasteiger partial charge on any atom is -0.466 e. The van der Waals surface area contributed by atoms with Gasteiger partial charge in [0.15, 0.2) is 0 Å². The Hall–Kier alpha value is -0.870. The fraction of sp³-hybridized carbons (Fsp3) is 0.643. The van der Waals surface area contributed by atoms with Crippen LogP contribution >= 0.6 is 11.3 Å². The highest BCUT2D eigenvalue weighted by molar-refractivity contribution is 7.07. The predicted molar refractivity (Wildman–Crippen MR) is 73.5 cm³/mol. The molecule has 1 heterocycles. The number of hydrogen-bond donors (Lipinski definition) is 1. The lowest BCUT2D eigenvalue weighted by atomic mass is 9.84. The zero-order chi connectivity index (χ0) is 12.8. The van der Waals surface area contributed by atoms with E-state index in [2.05, 4.69) is 22.1 Å². The van der Waals surface area contributed by atoms with Crippen molar-refractivity contribution < 1.29 is 9.53 Å². The van der Waals surface area contributed by atoms with Crippen molar-refractivity contribution in [1.29, 1.82) is 0 Å². The van der Waals surface area contributed by atoms with E-state index in [0.29, 0.717) is 6.61 Å². The van der Waals surface area contributed by atoms with Gasteiger partial charge in [0, 0.05) is 12.6 Å². The number of carbonyl (C=O) groups is 1. The van der Waals surface area contributed by atoms with E-state index in [1.54, 1.807) is 11.3 Å². The third-order valence-electron chi connectivity index (χ3n) is 3.50. The summed E-state index contributed by atoms with van der Waals surface area (Å²) in [5.74, 6) is 0.0114. The topological polar surface area (TPSA) is 38.3 Å². The smallest absolute Gasteiger partial charge is 0.310 e. The fourth-order valence-electron chi connectivity index (χ4n) is 2.55. The summed E-state index contributed by atoms with van der Waals surface area (Å²) < 4.78 is 5.17. The van der Waals surface area contributed by atoms with E-state index < -0.39 is 0 Å². The first kappa shape index (κ1) is 13.6. The van der Waals surface area contributed by atoms with Crippen molar-refractivity contribution in [3.63, 3.8) is 0 Å². The second-order valence-corrected chi connectivity index (χ2v) is 5.54. The van der Waals surface area contributed by atoms with E-state index in [1.165, 1.54) is 12.0 Å². The lowest BCUT2D eigenvalue weighted by molar-refractivity contribution is -0.150. The number of esters is 1. The Kier molecular flexibility index (Phi) is 5.20. The third kappa shape index (κ3) is 3.56. The summed E-state index contributed by atoms with van der Waals surface area (Å²) in [5.41, 5.74) is 1.30. The highest BCUT2D eigenvalue weighted by atomic mass is 32.1. The van der Waals surface area contributed by atoms with E-state index in [-0.39, 0.29) is 17.9 Å². The normalized spacial score (nSPS) is 23.8. The number of ether oxygens (including phenoxy) is 1. The molecule has 0 bridgehead atoms. The van der Waals surface area contributed by atoms with Gasteiger partial charge in [-0.1, -0.05) is 12.8 Å². The molecule has 2 rings (SSSR count). The molecule has 0 unspecified atom stereocenters. The van der Waals surface area contributed by atoms with Gasteiger partial charge in [0.25, 0.3) is 0 Å². The molecule has 1 aliphatic rings.